The molecule has 1 amide bonds. The first-order chi connectivity index (χ1) is 11.0. The van der Waals surface area contributed by atoms with Gasteiger partial charge in [0.05, 0.1) is 16.1 Å². The molecule has 0 aliphatic carbocycles. The minimum absolute atomic E-state index is 0.194. The molecular weight excluding hydrogens is 361 g/mol. The Bertz CT molecular complexity index is 639. The molecule has 1 heterocycles. The van der Waals surface area contributed by atoms with E-state index < -0.39 is 0 Å². The highest BCUT2D eigenvalue weighted by Crippen LogP contribution is 2.35. The molecule has 124 valence electrons. The van der Waals surface area contributed by atoms with Gasteiger partial charge in [0.1, 0.15) is 6.61 Å². The minimum Gasteiger partial charge on any atom is -0.488 e. The van der Waals surface area contributed by atoms with Crippen LogP contribution in [0.1, 0.15) is 30.4 Å². The quantitative estimate of drug-likeness (QED) is 0.755. The zero-order valence-corrected chi connectivity index (χ0v) is 14.7. The van der Waals surface area contributed by atoms with Crippen LogP contribution in [0.5, 0.6) is 5.75 Å². The molecule has 23 heavy (non-hydrogen) atoms. The lowest BCUT2D eigenvalue weighted by atomic mass is 10.2. The number of aromatic amines is 1. The fraction of sp³-hybridized carbons (Fsp3) is 0.333. The Morgan fingerprint density at radius 2 is 2.04 bits per heavy atom. The molecule has 8 heteroatoms. The maximum Gasteiger partial charge on any atom is 0.287 e. The van der Waals surface area contributed by atoms with Gasteiger partial charge in [-0.1, -0.05) is 48.1 Å². The van der Waals surface area contributed by atoms with Gasteiger partial charge in [0, 0.05) is 17.4 Å². The lowest BCUT2D eigenvalue weighted by Gasteiger charge is -2.19. The predicted octanol–water partition coefficient (Wildman–Crippen LogP) is 4.35. The molecule has 0 aliphatic rings. The second-order valence-electron chi connectivity index (χ2n) is 4.91. The highest BCUT2D eigenvalue weighted by Gasteiger charge is 2.17. The van der Waals surface area contributed by atoms with Crippen molar-refractivity contribution in [1.82, 2.24) is 15.3 Å². The van der Waals surface area contributed by atoms with Gasteiger partial charge >= 0.3 is 0 Å². The van der Waals surface area contributed by atoms with Gasteiger partial charge in [0.15, 0.2) is 11.6 Å². The summed E-state index contributed by atoms with van der Waals surface area (Å²) in [6.07, 6.45) is 4.74. The number of amides is 1. The van der Waals surface area contributed by atoms with Crippen LogP contribution in [0.2, 0.25) is 15.1 Å². The number of nitrogens with one attached hydrogen (secondary N) is 2. The average Bonchev–Trinajstić information content (AvgIpc) is 3.00. The number of benzene rings is 1. The van der Waals surface area contributed by atoms with E-state index in [1.807, 2.05) is 6.92 Å². The molecule has 0 fully saturated rings. The Kier molecular flexibility index (Phi) is 6.57. The van der Waals surface area contributed by atoms with Crippen LogP contribution in [-0.4, -0.2) is 28.5 Å². The summed E-state index contributed by atoms with van der Waals surface area (Å²) in [7, 11) is 0. The largest absolute Gasteiger partial charge is 0.488 e. The first-order valence-electron chi connectivity index (χ1n) is 7.08. The molecular formula is C15H16Cl3N3O2. The molecule has 0 saturated carbocycles. The summed E-state index contributed by atoms with van der Waals surface area (Å²) < 4.78 is 5.69. The number of H-pyrrole nitrogens is 1. The van der Waals surface area contributed by atoms with Gasteiger partial charge < -0.3 is 15.0 Å². The van der Waals surface area contributed by atoms with Crippen molar-refractivity contribution in [1.29, 1.82) is 0 Å². The molecule has 1 aromatic heterocycles. The van der Waals surface area contributed by atoms with Crippen molar-refractivity contribution in [2.75, 3.05) is 6.61 Å². The van der Waals surface area contributed by atoms with Gasteiger partial charge in [0.2, 0.25) is 0 Å². The minimum atomic E-state index is -0.287. The molecule has 1 unspecified atom stereocenters. The number of hydrogen-bond acceptors (Lipinski definition) is 3. The van der Waals surface area contributed by atoms with Crippen molar-refractivity contribution in [2.45, 2.75) is 25.8 Å². The van der Waals surface area contributed by atoms with Gasteiger partial charge in [-0.3, -0.25) is 4.79 Å². The zero-order valence-electron chi connectivity index (χ0n) is 12.4. The molecule has 0 bridgehead atoms. The van der Waals surface area contributed by atoms with Crippen LogP contribution < -0.4 is 10.1 Å². The lowest BCUT2D eigenvalue weighted by Crippen LogP contribution is -2.39. The smallest absolute Gasteiger partial charge is 0.287 e. The standard InChI is InChI=1S/C15H16Cl3N3O2/c1-2-3-10(21-15(22)14-19-4-5-20-14)8-23-13-11(17)6-9(16)7-12(13)18/h4-7,10H,2-3,8H2,1H3,(H,19,20)(H,21,22). The van der Waals surface area contributed by atoms with Crippen molar-refractivity contribution in [3.63, 3.8) is 0 Å². The summed E-state index contributed by atoms with van der Waals surface area (Å²) >= 11 is 18.0. The van der Waals surface area contributed by atoms with E-state index in [0.717, 1.165) is 12.8 Å². The predicted molar refractivity (Wildman–Crippen MR) is 91.7 cm³/mol. The first kappa shape index (κ1) is 17.9. The summed E-state index contributed by atoms with van der Waals surface area (Å²) in [5.74, 6) is 0.324. The Hall–Kier alpha value is -1.43. The summed E-state index contributed by atoms with van der Waals surface area (Å²) in [4.78, 5) is 18.7. The third-order valence-electron chi connectivity index (χ3n) is 3.08. The maximum absolute atomic E-state index is 12.1. The Labute approximate surface area is 149 Å². The molecule has 2 aromatic rings. The van der Waals surface area contributed by atoms with Gasteiger partial charge in [-0.05, 0) is 18.6 Å². The third kappa shape index (κ3) is 5.03. The van der Waals surface area contributed by atoms with E-state index in [1.54, 1.807) is 18.3 Å². The highest BCUT2D eigenvalue weighted by molar-refractivity contribution is 6.40. The van der Waals surface area contributed by atoms with Crippen molar-refractivity contribution < 1.29 is 9.53 Å². The van der Waals surface area contributed by atoms with E-state index in [-0.39, 0.29) is 24.4 Å². The molecule has 2 rings (SSSR count). The van der Waals surface area contributed by atoms with Gasteiger partial charge in [0.25, 0.3) is 5.91 Å². The van der Waals surface area contributed by atoms with E-state index >= 15 is 0 Å². The Morgan fingerprint density at radius 3 is 2.61 bits per heavy atom. The number of ether oxygens (including phenoxy) is 1. The van der Waals surface area contributed by atoms with Crippen molar-refractivity contribution >= 4 is 40.7 Å². The lowest BCUT2D eigenvalue weighted by molar-refractivity contribution is 0.0909. The van der Waals surface area contributed by atoms with Crippen molar-refractivity contribution in [2.24, 2.45) is 0 Å². The summed E-state index contributed by atoms with van der Waals surface area (Å²) in [5.41, 5.74) is 0. The van der Waals surface area contributed by atoms with Crippen LogP contribution in [0.15, 0.2) is 24.5 Å². The number of hydrogen-bond donors (Lipinski definition) is 2. The van der Waals surface area contributed by atoms with Crippen LogP contribution in [0.4, 0.5) is 0 Å². The molecule has 2 N–H and O–H groups in total. The Morgan fingerprint density at radius 1 is 1.35 bits per heavy atom. The van der Waals surface area contributed by atoms with E-state index in [9.17, 15) is 4.79 Å². The van der Waals surface area contributed by atoms with Crippen LogP contribution in [-0.2, 0) is 0 Å². The fourth-order valence-electron chi connectivity index (χ4n) is 2.04. The SMILES string of the molecule is CCCC(COc1c(Cl)cc(Cl)cc1Cl)NC(=O)c1ncc[nH]1. The number of nitrogens with zero attached hydrogens (tertiary/aromatic N) is 1. The van der Waals surface area contributed by atoms with Crippen molar-refractivity contribution in [3.05, 3.63) is 45.4 Å². The average molecular weight is 377 g/mol. The zero-order chi connectivity index (χ0) is 16.8. The van der Waals surface area contributed by atoms with Crippen LogP contribution in [0.25, 0.3) is 0 Å². The van der Waals surface area contributed by atoms with Crippen LogP contribution in [0, 0.1) is 0 Å². The molecule has 5 nitrogen and oxygen atoms in total. The topological polar surface area (TPSA) is 67.0 Å². The van der Waals surface area contributed by atoms with Gasteiger partial charge in [-0.15, -0.1) is 0 Å². The summed E-state index contributed by atoms with van der Waals surface area (Å²) in [5, 5.41) is 3.96. The number of halogens is 3. The van der Waals surface area contributed by atoms with E-state index in [0.29, 0.717) is 20.8 Å². The van der Waals surface area contributed by atoms with Crippen LogP contribution >= 0.6 is 34.8 Å². The molecule has 1 aromatic carbocycles. The summed E-state index contributed by atoms with van der Waals surface area (Å²) in [6, 6.07) is 2.92. The van der Waals surface area contributed by atoms with E-state index in [2.05, 4.69) is 15.3 Å². The number of carbonyl (C=O) groups excluding carboxylic acids is 1. The second-order valence-corrected chi connectivity index (χ2v) is 6.16. The summed E-state index contributed by atoms with van der Waals surface area (Å²) in [6.45, 7) is 2.26. The maximum atomic E-state index is 12.1. The monoisotopic (exact) mass is 375 g/mol. The molecule has 1 atom stereocenters. The number of carbonyl (C=O) groups is 1. The van der Waals surface area contributed by atoms with E-state index in [1.165, 1.54) is 6.20 Å². The van der Waals surface area contributed by atoms with Gasteiger partial charge in [-0.25, -0.2) is 4.98 Å². The van der Waals surface area contributed by atoms with E-state index in [4.69, 9.17) is 39.5 Å². The fourth-order valence-corrected chi connectivity index (χ4v) is 2.97. The normalized spacial score (nSPS) is 12.0. The van der Waals surface area contributed by atoms with Crippen LogP contribution in [0.3, 0.4) is 0 Å². The number of aromatic nitrogens is 2. The number of imidazole rings is 1. The second kappa shape index (κ2) is 8.43. The molecule has 0 aliphatic heterocycles. The number of rotatable bonds is 7. The third-order valence-corrected chi connectivity index (χ3v) is 3.86. The molecule has 0 radical (unpaired) electrons. The Balaban J connectivity index is 2.01. The first-order valence-corrected chi connectivity index (χ1v) is 8.22. The highest BCUT2D eigenvalue weighted by atomic mass is 35.5. The van der Waals surface area contributed by atoms with Gasteiger partial charge in [-0.2, -0.15) is 0 Å². The molecule has 0 spiro atoms. The van der Waals surface area contributed by atoms with Crippen molar-refractivity contribution in [3.8, 4) is 5.75 Å². The molecule has 0 saturated heterocycles.